The lowest BCUT2D eigenvalue weighted by Gasteiger charge is -2.46. The number of amides is 1. The molecular weight excluding hydrogens is 745 g/mol. The Bertz CT molecular complexity index is 1520. The Kier molecular flexibility index (Phi) is 12.3. The Morgan fingerprint density at radius 3 is 2.57 bits per heavy atom. The van der Waals surface area contributed by atoms with Crippen LogP contribution in [0, 0.1) is 5.92 Å². The first-order valence-corrected chi connectivity index (χ1v) is 16.5. The number of nitrogens with zero attached hydrogens (tertiary/aromatic N) is 3. The molecule has 1 aliphatic carbocycles. The van der Waals surface area contributed by atoms with E-state index in [2.05, 4.69) is 22.5 Å². The van der Waals surface area contributed by atoms with Crippen molar-refractivity contribution in [1.82, 2.24) is 10.3 Å². The van der Waals surface area contributed by atoms with Gasteiger partial charge in [0.15, 0.2) is 16.6 Å². The van der Waals surface area contributed by atoms with Gasteiger partial charge in [0.1, 0.15) is 31.2 Å². The van der Waals surface area contributed by atoms with Gasteiger partial charge in [-0.2, -0.15) is 11.8 Å². The number of likely N-dealkylation sites (N-methyl/N-ethyl adjacent to an activating group) is 1. The third-order valence-electron chi connectivity index (χ3n) is 8.43. The number of piperidine rings is 1. The number of hydrogen-bond acceptors (Lipinski definition) is 12. The standard InChI is InChI=1S/C31H37N5O7S2.HI/c1-36(13-10-20(37)11-14-36)12-4-5-19-16-44-28-24(23(19)30(40)43-15-18-6-8-21(41-2)9-7-18)27(38)26(28)34-29(39)25(35-42-3)22-17-45-31(32)33-22;/h4-9,17,20,24,26,28,37H,10-16H2,1-3H3,(H2-,32,33,34,39);1H/b5-4+,35-25-;/t20?,24?,26-,28+,36?;/m1./s1. The fraction of sp³-hybridized carbons (Fsp3) is 0.452. The van der Waals surface area contributed by atoms with Crippen molar-refractivity contribution in [3.63, 3.8) is 0 Å². The molecule has 46 heavy (non-hydrogen) atoms. The number of thioether (sulfide) groups is 1. The summed E-state index contributed by atoms with van der Waals surface area (Å²) in [7, 11) is 5.05. The first-order valence-electron chi connectivity index (χ1n) is 14.6. The quantitative estimate of drug-likeness (QED) is 0.0856. The van der Waals surface area contributed by atoms with Crippen LogP contribution in [0.4, 0.5) is 5.13 Å². The van der Waals surface area contributed by atoms with Gasteiger partial charge in [-0.15, -0.1) is 11.3 Å². The molecule has 1 amide bonds. The van der Waals surface area contributed by atoms with Crippen LogP contribution in [0.5, 0.6) is 5.75 Å². The molecule has 1 aromatic carbocycles. The lowest BCUT2D eigenvalue weighted by Crippen LogP contribution is -3.00. The number of aliphatic hydroxyl groups excluding tert-OH is 1. The number of esters is 1. The number of nitrogens with two attached hydrogens (primary N) is 1. The maximum atomic E-state index is 13.6. The van der Waals surface area contributed by atoms with Crippen molar-refractivity contribution < 1.29 is 62.3 Å². The Balaban J connectivity index is 0.00000480. The molecule has 2 aliphatic heterocycles. The van der Waals surface area contributed by atoms with E-state index in [4.69, 9.17) is 20.0 Å². The maximum absolute atomic E-state index is 13.6. The summed E-state index contributed by atoms with van der Waals surface area (Å²) in [4.78, 5) is 49.4. The Labute approximate surface area is 293 Å². The number of aliphatic hydroxyl groups is 1. The number of oxime groups is 1. The highest BCUT2D eigenvalue weighted by Gasteiger charge is 2.56. The van der Waals surface area contributed by atoms with Crippen LogP contribution >= 0.6 is 23.1 Å². The van der Waals surface area contributed by atoms with Crippen LogP contribution in [0.1, 0.15) is 24.1 Å². The number of anilines is 1. The predicted octanol–water partition coefficient (Wildman–Crippen LogP) is -0.915. The summed E-state index contributed by atoms with van der Waals surface area (Å²) in [6, 6.07) is 6.38. The van der Waals surface area contributed by atoms with Crippen molar-refractivity contribution in [1.29, 1.82) is 0 Å². The number of rotatable bonds is 11. The minimum Gasteiger partial charge on any atom is -1.00 e. The average molecular weight is 784 g/mol. The fourth-order valence-corrected chi connectivity index (χ4v) is 7.79. The summed E-state index contributed by atoms with van der Waals surface area (Å²) >= 11 is 2.67. The molecule has 0 bridgehead atoms. The zero-order chi connectivity index (χ0) is 32.1. The van der Waals surface area contributed by atoms with Crippen molar-refractivity contribution in [2.24, 2.45) is 11.1 Å². The number of fused-ring (bicyclic) bond motifs is 1. The zero-order valence-electron chi connectivity index (χ0n) is 25.8. The van der Waals surface area contributed by atoms with E-state index in [1.807, 2.05) is 24.3 Å². The monoisotopic (exact) mass is 783 g/mol. The second-order valence-electron chi connectivity index (χ2n) is 11.5. The molecule has 2 aromatic rings. The van der Waals surface area contributed by atoms with Gasteiger partial charge in [-0.3, -0.25) is 9.59 Å². The summed E-state index contributed by atoms with van der Waals surface area (Å²) in [5.41, 5.74) is 7.73. The van der Waals surface area contributed by atoms with Gasteiger partial charge in [-0.05, 0) is 29.3 Å². The maximum Gasteiger partial charge on any atom is 0.335 e. The van der Waals surface area contributed by atoms with E-state index in [9.17, 15) is 19.5 Å². The van der Waals surface area contributed by atoms with Crippen molar-refractivity contribution in [3.8, 4) is 5.75 Å². The number of nitrogens with one attached hydrogen (secondary N) is 1. The number of thiazole rings is 1. The molecule has 4 N–H and O–H groups in total. The number of carbonyl (C=O) groups excluding carboxylic acids is 3. The number of nitrogen functional groups attached to an aromatic ring is 1. The lowest BCUT2D eigenvalue weighted by atomic mass is 9.71. The highest BCUT2D eigenvalue weighted by Crippen LogP contribution is 2.46. The number of aromatic nitrogens is 1. The smallest absolute Gasteiger partial charge is 0.335 e. The summed E-state index contributed by atoms with van der Waals surface area (Å²) < 4.78 is 11.7. The van der Waals surface area contributed by atoms with Crippen LogP contribution < -0.4 is 39.8 Å². The Hall–Kier alpha value is -2.99. The van der Waals surface area contributed by atoms with E-state index in [1.54, 1.807) is 24.6 Å². The molecule has 0 spiro atoms. The highest BCUT2D eigenvalue weighted by atomic mass is 127. The Morgan fingerprint density at radius 2 is 1.93 bits per heavy atom. The molecule has 3 aliphatic rings. The second kappa shape index (κ2) is 15.7. The first-order chi connectivity index (χ1) is 21.6. The van der Waals surface area contributed by atoms with Gasteiger partial charge in [0.05, 0.1) is 51.4 Å². The predicted molar refractivity (Wildman–Crippen MR) is 172 cm³/mol. The van der Waals surface area contributed by atoms with Crippen molar-refractivity contribution in [3.05, 3.63) is 64.2 Å². The molecule has 12 nitrogen and oxygen atoms in total. The summed E-state index contributed by atoms with van der Waals surface area (Å²) in [6.07, 6.45) is 5.22. The molecule has 1 saturated heterocycles. The third-order valence-corrected chi connectivity index (χ3v) is 10.5. The van der Waals surface area contributed by atoms with Gasteiger partial charge in [-0.1, -0.05) is 23.4 Å². The minimum atomic E-state index is -0.829. The number of allylic oxidation sites excluding steroid dienone is 1. The lowest BCUT2D eigenvalue weighted by molar-refractivity contribution is -0.909. The summed E-state index contributed by atoms with van der Waals surface area (Å²) in [5, 5.41) is 18.0. The molecule has 1 saturated carbocycles. The number of methoxy groups -OCH3 is 1. The first kappa shape index (κ1) is 35.9. The van der Waals surface area contributed by atoms with E-state index in [0.29, 0.717) is 17.1 Å². The summed E-state index contributed by atoms with van der Waals surface area (Å²) in [6.45, 7) is 2.50. The van der Waals surface area contributed by atoms with Crippen LogP contribution in [-0.2, 0) is 30.6 Å². The van der Waals surface area contributed by atoms with Crippen LogP contribution in [0.15, 0.2) is 58.1 Å². The number of benzene rings is 1. The number of quaternary nitrogens is 1. The number of likely N-dealkylation sites (tertiary alicyclic amines) is 1. The van der Waals surface area contributed by atoms with Gasteiger partial charge in [0.2, 0.25) is 0 Å². The number of ketones is 1. The normalized spacial score (nSPS) is 26.1. The van der Waals surface area contributed by atoms with Gasteiger partial charge in [0, 0.05) is 29.2 Å². The number of halogens is 1. The molecule has 2 fully saturated rings. The molecule has 1 aromatic heterocycles. The molecule has 3 atom stereocenters. The molecule has 15 heteroatoms. The molecular formula is C31H38IN5O7S2. The van der Waals surface area contributed by atoms with Crippen molar-refractivity contribution >= 4 is 51.6 Å². The minimum absolute atomic E-state index is 0. The second-order valence-corrected chi connectivity index (χ2v) is 13.6. The van der Waals surface area contributed by atoms with Crippen LogP contribution in [0.3, 0.4) is 0 Å². The average Bonchev–Trinajstić information content (AvgIpc) is 3.48. The van der Waals surface area contributed by atoms with Gasteiger partial charge in [0.25, 0.3) is 5.91 Å². The van der Waals surface area contributed by atoms with Crippen LogP contribution in [0.2, 0.25) is 0 Å². The molecule has 1 unspecified atom stereocenters. The SMILES string of the molecule is CO/N=C(\C(=O)N[C@@H]1C(=O)C2C(C(=O)OCc3ccc(OC)cc3)=C(/C=C/C[N+]3(C)CCC(O)CC3)CS[C@@H]21)c1csc(N)n1.[I-]. The van der Waals surface area contributed by atoms with Crippen molar-refractivity contribution in [2.45, 2.75) is 36.8 Å². The number of hydrogen-bond donors (Lipinski definition) is 3. The number of carbonyl (C=O) groups is 3. The van der Waals surface area contributed by atoms with Gasteiger partial charge in [-0.25, -0.2) is 9.78 Å². The topological polar surface area (TPSA) is 162 Å². The molecule has 0 radical (unpaired) electrons. The zero-order valence-corrected chi connectivity index (χ0v) is 29.6. The van der Waals surface area contributed by atoms with E-state index in [1.165, 1.54) is 18.9 Å². The number of ether oxygens (including phenoxy) is 2. The summed E-state index contributed by atoms with van der Waals surface area (Å²) in [5.74, 6) is -1.03. The van der Waals surface area contributed by atoms with Crippen LogP contribution in [-0.4, -0.2) is 102 Å². The van der Waals surface area contributed by atoms with Gasteiger partial charge < -0.3 is 58.9 Å². The molecule has 248 valence electrons. The van der Waals surface area contributed by atoms with Gasteiger partial charge >= 0.3 is 5.97 Å². The van der Waals surface area contributed by atoms with Crippen LogP contribution in [0.25, 0.3) is 0 Å². The molecule has 3 heterocycles. The van der Waals surface area contributed by atoms with Crippen molar-refractivity contribution in [2.75, 3.05) is 52.4 Å². The molecule has 5 rings (SSSR count). The Morgan fingerprint density at radius 1 is 1.22 bits per heavy atom. The number of Topliss-reactive ketones (excluding diaryl/α,β-unsaturated/α-hetero) is 1. The largest absolute Gasteiger partial charge is 1.00 e. The van der Waals surface area contributed by atoms with E-state index in [0.717, 1.165) is 59.4 Å². The highest BCUT2D eigenvalue weighted by molar-refractivity contribution is 8.00. The van der Waals surface area contributed by atoms with E-state index < -0.39 is 23.8 Å². The fourth-order valence-electron chi connectivity index (χ4n) is 5.76. The third kappa shape index (κ3) is 8.10. The van der Waals surface area contributed by atoms with E-state index in [-0.39, 0.29) is 64.3 Å². The van der Waals surface area contributed by atoms with E-state index >= 15 is 0 Å².